The summed E-state index contributed by atoms with van der Waals surface area (Å²) in [7, 11) is 2.98. The van der Waals surface area contributed by atoms with Crippen LogP contribution in [0.3, 0.4) is 0 Å². The standard InChI is InChI=1S/C27H25N3O5/c1-18-7-6-8-21(13-18)29-27(32)20(16-28)14-19-11-12-24(25(15-19)34-3)35-17-26(31)30-22-9-4-5-10-23(22)33-2/h4-15H,17H2,1-3H3,(H,29,32)(H,30,31). The SMILES string of the molecule is COc1ccccc1NC(=O)COc1ccc(C=C(C#N)C(=O)Nc2cccc(C)c2)cc1OC. The average Bonchev–Trinajstić information content (AvgIpc) is 2.86. The first kappa shape index (κ1) is 24.9. The summed E-state index contributed by atoms with van der Waals surface area (Å²) >= 11 is 0. The number of amides is 2. The molecule has 2 N–H and O–H groups in total. The Morgan fingerprint density at radius 1 is 0.914 bits per heavy atom. The van der Waals surface area contributed by atoms with Crippen LogP contribution in [0.5, 0.6) is 17.2 Å². The Hall–Kier alpha value is -4.77. The number of methoxy groups -OCH3 is 2. The van der Waals surface area contributed by atoms with Crippen LogP contribution in [0.1, 0.15) is 11.1 Å². The van der Waals surface area contributed by atoms with Crippen LogP contribution in [0.2, 0.25) is 0 Å². The van der Waals surface area contributed by atoms with Crippen molar-refractivity contribution in [1.82, 2.24) is 0 Å². The molecule has 8 nitrogen and oxygen atoms in total. The van der Waals surface area contributed by atoms with E-state index in [0.717, 1.165) is 5.56 Å². The van der Waals surface area contributed by atoms with Crippen molar-refractivity contribution in [1.29, 1.82) is 5.26 Å². The lowest BCUT2D eigenvalue weighted by molar-refractivity contribution is -0.118. The van der Waals surface area contributed by atoms with Gasteiger partial charge in [-0.1, -0.05) is 30.3 Å². The van der Waals surface area contributed by atoms with Gasteiger partial charge in [0.05, 0.1) is 19.9 Å². The van der Waals surface area contributed by atoms with Gasteiger partial charge in [-0.2, -0.15) is 5.26 Å². The van der Waals surface area contributed by atoms with Gasteiger partial charge in [-0.15, -0.1) is 0 Å². The van der Waals surface area contributed by atoms with Crippen LogP contribution in [0.15, 0.2) is 72.3 Å². The molecule has 0 radical (unpaired) electrons. The number of nitrogens with zero attached hydrogens (tertiary/aromatic N) is 1. The van der Waals surface area contributed by atoms with E-state index in [0.29, 0.717) is 34.2 Å². The fourth-order valence-electron chi connectivity index (χ4n) is 3.21. The highest BCUT2D eigenvalue weighted by Gasteiger charge is 2.13. The second kappa shape index (κ2) is 11.9. The summed E-state index contributed by atoms with van der Waals surface area (Å²) in [4.78, 5) is 24.9. The molecule has 0 unspecified atom stereocenters. The number of hydrogen-bond acceptors (Lipinski definition) is 6. The van der Waals surface area contributed by atoms with Crippen molar-refractivity contribution in [2.45, 2.75) is 6.92 Å². The second-order valence-electron chi connectivity index (χ2n) is 7.44. The predicted molar refractivity (Wildman–Crippen MR) is 134 cm³/mol. The van der Waals surface area contributed by atoms with Crippen molar-refractivity contribution in [2.75, 3.05) is 31.5 Å². The van der Waals surface area contributed by atoms with Gasteiger partial charge in [-0.3, -0.25) is 9.59 Å². The highest BCUT2D eigenvalue weighted by Crippen LogP contribution is 2.29. The third-order valence-electron chi connectivity index (χ3n) is 4.88. The molecule has 0 aliphatic carbocycles. The number of rotatable bonds is 9. The molecular weight excluding hydrogens is 446 g/mol. The molecule has 0 fully saturated rings. The van der Waals surface area contributed by atoms with Crippen LogP contribution in [-0.4, -0.2) is 32.6 Å². The number of nitriles is 1. The summed E-state index contributed by atoms with van der Waals surface area (Å²) in [5.41, 5.74) is 2.61. The summed E-state index contributed by atoms with van der Waals surface area (Å²) in [5.74, 6) is 0.322. The number of benzene rings is 3. The fourth-order valence-corrected chi connectivity index (χ4v) is 3.21. The lowest BCUT2D eigenvalue weighted by Gasteiger charge is -2.13. The molecule has 0 heterocycles. The van der Waals surface area contributed by atoms with Crippen molar-refractivity contribution < 1.29 is 23.8 Å². The summed E-state index contributed by atoms with van der Waals surface area (Å²) in [6.07, 6.45) is 1.45. The van der Waals surface area contributed by atoms with Gasteiger partial charge in [0.25, 0.3) is 11.8 Å². The summed E-state index contributed by atoms with van der Waals surface area (Å²) < 4.78 is 16.2. The molecule has 178 valence electrons. The molecular formula is C27H25N3O5. The van der Waals surface area contributed by atoms with Crippen molar-refractivity contribution in [3.05, 3.63) is 83.4 Å². The summed E-state index contributed by atoms with van der Waals surface area (Å²) in [6, 6.07) is 21.1. The highest BCUT2D eigenvalue weighted by atomic mass is 16.5. The first-order chi connectivity index (χ1) is 16.9. The molecule has 0 atom stereocenters. The van der Waals surface area contributed by atoms with Crippen LogP contribution in [0.25, 0.3) is 6.08 Å². The summed E-state index contributed by atoms with van der Waals surface area (Å²) in [6.45, 7) is 1.65. The number of carbonyl (C=O) groups excluding carboxylic acids is 2. The zero-order chi connectivity index (χ0) is 25.2. The topological polar surface area (TPSA) is 110 Å². The Kier molecular flexibility index (Phi) is 8.46. The van der Waals surface area contributed by atoms with Crippen LogP contribution in [0, 0.1) is 18.3 Å². The predicted octanol–water partition coefficient (Wildman–Crippen LogP) is 4.58. The first-order valence-corrected chi connectivity index (χ1v) is 10.7. The molecule has 0 saturated heterocycles. The van der Waals surface area contributed by atoms with E-state index in [1.165, 1.54) is 20.3 Å². The fraction of sp³-hybridized carbons (Fsp3) is 0.148. The largest absolute Gasteiger partial charge is 0.495 e. The van der Waals surface area contributed by atoms with Gasteiger partial charge in [0, 0.05) is 5.69 Å². The minimum absolute atomic E-state index is 0.0709. The Morgan fingerprint density at radius 3 is 2.40 bits per heavy atom. The van der Waals surface area contributed by atoms with Crippen molar-refractivity contribution >= 4 is 29.3 Å². The molecule has 0 aliphatic rings. The molecule has 3 rings (SSSR count). The van der Waals surface area contributed by atoms with Gasteiger partial charge < -0.3 is 24.8 Å². The maximum atomic E-state index is 12.5. The number of hydrogen-bond donors (Lipinski definition) is 2. The Bertz CT molecular complexity index is 1290. The van der Waals surface area contributed by atoms with Gasteiger partial charge in [0.15, 0.2) is 18.1 Å². The second-order valence-corrected chi connectivity index (χ2v) is 7.44. The number of aryl methyl sites for hydroxylation is 1. The van der Waals surface area contributed by atoms with Gasteiger partial charge in [0.1, 0.15) is 17.4 Å². The van der Waals surface area contributed by atoms with E-state index in [1.54, 1.807) is 48.5 Å². The quantitative estimate of drug-likeness (QED) is 0.349. The minimum Gasteiger partial charge on any atom is -0.495 e. The van der Waals surface area contributed by atoms with Crippen molar-refractivity contribution in [2.24, 2.45) is 0 Å². The number of para-hydroxylation sites is 2. The van der Waals surface area contributed by atoms with E-state index in [-0.39, 0.29) is 18.1 Å². The maximum Gasteiger partial charge on any atom is 0.266 e. The van der Waals surface area contributed by atoms with Gasteiger partial charge >= 0.3 is 0 Å². The zero-order valence-corrected chi connectivity index (χ0v) is 19.6. The van der Waals surface area contributed by atoms with E-state index in [4.69, 9.17) is 14.2 Å². The van der Waals surface area contributed by atoms with E-state index in [1.807, 2.05) is 31.2 Å². The molecule has 3 aromatic carbocycles. The molecule has 2 amide bonds. The van der Waals surface area contributed by atoms with Crippen LogP contribution in [-0.2, 0) is 9.59 Å². The third-order valence-corrected chi connectivity index (χ3v) is 4.88. The smallest absolute Gasteiger partial charge is 0.266 e. The Balaban J connectivity index is 1.68. The normalized spacial score (nSPS) is 10.6. The monoisotopic (exact) mass is 471 g/mol. The average molecular weight is 472 g/mol. The van der Waals surface area contributed by atoms with Gasteiger partial charge in [0.2, 0.25) is 0 Å². The molecule has 0 aromatic heterocycles. The Morgan fingerprint density at radius 2 is 1.69 bits per heavy atom. The van der Waals surface area contributed by atoms with Gasteiger partial charge in [-0.25, -0.2) is 0 Å². The molecule has 0 saturated carbocycles. The lowest BCUT2D eigenvalue weighted by Crippen LogP contribution is -2.20. The zero-order valence-electron chi connectivity index (χ0n) is 19.6. The van der Waals surface area contributed by atoms with Crippen molar-refractivity contribution in [3.8, 4) is 23.3 Å². The van der Waals surface area contributed by atoms with E-state index in [9.17, 15) is 14.9 Å². The van der Waals surface area contributed by atoms with Crippen molar-refractivity contribution in [3.63, 3.8) is 0 Å². The highest BCUT2D eigenvalue weighted by molar-refractivity contribution is 6.09. The molecule has 0 aliphatic heterocycles. The van der Waals surface area contributed by atoms with Crippen LogP contribution < -0.4 is 24.8 Å². The molecule has 8 heteroatoms. The van der Waals surface area contributed by atoms with Gasteiger partial charge in [-0.05, 0) is 60.5 Å². The van der Waals surface area contributed by atoms with Crippen LogP contribution in [0.4, 0.5) is 11.4 Å². The molecule has 0 spiro atoms. The van der Waals surface area contributed by atoms with E-state index < -0.39 is 5.91 Å². The number of nitrogens with one attached hydrogen (secondary N) is 2. The maximum absolute atomic E-state index is 12.5. The van der Waals surface area contributed by atoms with Crippen LogP contribution >= 0.6 is 0 Å². The van der Waals surface area contributed by atoms with E-state index in [2.05, 4.69) is 10.6 Å². The molecule has 0 bridgehead atoms. The number of anilines is 2. The first-order valence-electron chi connectivity index (χ1n) is 10.7. The number of carbonyl (C=O) groups is 2. The minimum atomic E-state index is -0.523. The molecule has 3 aromatic rings. The third kappa shape index (κ3) is 6.85. The van der Waals surface area contributed by atoms with E-state index >= 15 is 0 Å². The Labute approximate surface area is 203 Å². The summed E-state index contributed by atoms with van der Waals surface area (Å²) in [5, 5.41) is 14.9. The lowest BCUT2D eigenvalue weighted by atomic mass is 10.1. The molecule has 35 heavy (non-hydrogen) atoms. The number of ether oxygens (including phenoxy) is 3.